The van der Waals surface area contributed by atoms with Gasteiger partial charge in [-0.1, -0.05) is 0 Å². The van der Waals surface area contributed by atoms with Crippen LogP contribution in [0.1, 0.15) is 12.6 Å². The van der Waals surface area contributed by atoms with Crippen molar-refractivity contribution >= 4 is 15.6 Å². The van der Waals surface area contributed by atoms with Crippen molar-refractivity contribution in [1.82, 2.24) is 9.55 Å². The molecular formula is C15H24N2O16P2. The number of aliphatic hydroxyl groups is 5. The smallest absolute Gasteiger partial charge is 0.394 e. The number of phosphoric ester groups is 1. The Labute approximate surface area is 195 Å². The average Bonchev–Trinajstić information content (AvgIpc) is 3.02. The number of rotatable bonds is 9. The zero-order valence-electron chi connectivity index (χ0n) is 17.5. The van der Waals surface area contributed by atoms with Gasteiger partial charge in [0.2, 0.25) is 0 Å². The van der Waals surface area contributed by atoms with Crippen LogP contribution in [0, 0.1) is 0 Å². The highest BCUT2D eigenvalue weighted by atomic mass is 31.3. The lowest BCUT2D eigenvalue weighted by Crippen LogP contribution is -2.50. The fourth-order valence-corrected chi connectivity index (χ4v) is 5.54. The molecule has 3 rings (SSSR count). The minimum atomic E-state index is -5.57. The van der Waals surface area contributed by atoms with E-state index in [1.165, 1.54) is 0 Å². The van der Waals surface area contributed by atoms with Crippen LogP contribution >= 0.6 is 15.6 Å². The quantitative estimate of drug-likeness (QED) is 0.137. The third-order valence-electron chi connectivity index (χ3n) is 5.01. The summed E-state index contributed by atoms with van der Waals surface area (Å²) in [5, 5.41) is 49.5. The van der Waals surface area contributed by atoms with Crippen molar-refractivity contribution in [1.29, 1.82) is 0 Å². The number of aliphatic hydroxyl groups excluding tert-OH is 5. The first kappa shape index (κ1) is 28.2. The van der Waals surface area contributed by atoms with Crippen LogP contribution in [0.2, 0.25) is 0 Å². The number of hydrogen-bond acceptors (Lipinski definition) is 14. The maximum absolute atomic E-state index is 12.9. The average molecular weight is 550 g/mol. The van der Waals surface area contributed by atoms with E-state index < -0.39 is 89.2 Å². The maximum atomic E-state index is 12.9. The summed E-state index contributed by atoms with van der Waals surface area (Å²) in [6.45, 7) is -1.65. The van der Waals surface area contributed by atoms with Gasteiger partial charge in [-0.25, -0.2) is 13.9 Å². The Morgan fingerprint density at radius 3 is 2.37 bits per heavy atom. The van der Waals surface area contributed by atoms with Gasteiger partial charge in [-0.05, 0) is 0 Å². The van der Waals surface area contributed by atoms with E-state index in [4.69, 9.17) is 28.3 Å². The van der Waals surface area contributed by atoms with Gasteiger partial charge in [0.05, 0.1) is 25.4 Å². The van der Waals surface area contributed by atoms with E-state index in [1.54, 1.807) is 0 Å². The third kappa shape index (κ3) is 6.91. The van der Waals surface area contributed by atoms with Crippen molar-refractivity contribution in [2.75, 3.05) is 13.2 Å². The first-order valence-electron chi connectivity index (χ1n) is 9.88. The van der Waals surface area contributed by atoms with Gasteiger partial charge >= 0.3 is 21.3 Å². The van der Waals surface area contributed by atoms with Crippen molar-refractivity contribution in [3.8, 4) is 0 Å². The van der Waals surface area contributed by atoms with E-state index in [2.05, 4.69) is 4.31 Å². The number of aromatic nitrogens is 2. The van der Waals surface area contributed by atoms with E-state index in [1.807, 2.05) is 4.98 Å². The Balaban J connectivity index is 1.76. The summed E-state index contributed by atoms with van der Waals surface area (Å²) >= 11 is 0. The topological polar surface area (TPSA) is 277 Å². The molecule has 0 saturated carbocycles. The number of nitrogens with zero attached hydrogens (tertiary/aromatic N) is 1. The Hall–Kier alpha value is -1.34. The summed E-state index contributed by atoms with van der Waals surface area (Å²) in [5.41, 5.74) is -1.73. The number of ether oxygens (including phenoxy) is 2. The fourth-order valence-electron chi connectivity index (χ4n) is 3.34. The summed E-state index contributed by atoms with van der Waals surface area (Å²) < 4.78 is 49.2. The van der Waals surface area contributed by atoms with Crippen molar-refractivity contribution in [3.63, 3.8) is 0 Å². The highest BCUT2D eigenvalue weighted by Crippen LogP contribution is 2.62. The Bertz CT molecular complexity index is 1090. The molecule has 20 heteroatoms. The van der Waals surface area contributed by atoms with Crippen LogP contribution in [0.3, 0.4) is 0 Å². The molecule has 3 unspecified atom stereocenters. The van der Waals surface area contributed by atoms with Crippen LogP contribution in [0.4, 0.5) is 0 Å². The first-order valence-corrected chi connectivity index (χ1v) is 12.9. The summed E-state index contributed by atoms with van der Waals surface area (Å²) in [7, 11) is -10.9. The molecule has 200 valence electrons. The van der Waals surface area contributed by atoms with E-state index in [0.717, 1.165) is 16.8 Å². The van der Waals surface area contributed by atoms with Crippen LogP contribution < -0.4 is 11.2 Å². The second-order valence-corrected chi connectivity index (χ2v) is 10.6. The molecule has 0 aromatic carbocycles. The molecule has 0 spiro atoms. The second kappa shape index (κ2) is 11.0. The molecule has 2 aliphatic heterocycles. The van der Waals surface area contributed by atoms with Crippen LogP contribution in [0.25, 0.3) is 0 Å². The van der Waals surface area contributed by atoms with Crippen molar-refractivity contribution < 1.29 is 67.3 Å². The normalized spacial score (nSPS) is 35.6. The van der Waals surface area contributed by atoms with Crippen LogP contribution in [-0.4, -0.2) is 101 Å². The molecule has 0 radical (unpaired) electrons. The van der Waals surface area contributed by atoms with E-state index >= 15 is 0 Å². The van der Waals surface area contributed by atoms with Gasteiger partial charge < -0.3 is 44.8 Å². The largest absolute Gasteiger partial charge is 0.486 e. The molecule has 0 amide bonds. The van der Waals surface area contributed by atoms with Gasteiger partial charge in [-0.3, -0.25) is 23.4 Å². The van der Waals surface area contributed by atoms with Gasteiger partial charge in [0, 0.05) is 18.7 Å². The third-order valence-corrected chi connectivity index (χ3v) is 7.59. The number of aromatic amines is 1. The summed E-state index contributed by atoms with van der Waals surface area (Å²) in [6, 6.07) is 0.938. The lowest BCUT2D eigenvalue weighted by molar-refractivity contribution is -0.245. The van der Waals surface area contributed by atoms with Gasteiger partial charge in [-0.2, -0.15) is 4.31 Å². The van der Waals surface area contributed by atoms with Gasteiger partial charge in [0.1, 0.15) is 24.4 Å². The van der Waals surface area contributed by atoms with E-state index in [9.17, 15) is 44.3 Å². The molecule has 3 heterocycles. The van der Waals surface area contributed by atoms with Crippen molar-refractivity contribution in [2.24, 2.45) is 0 Å². The molecule has 2 saturated heterocycles. The molecule has 0 aliphatic carbocycles. The number of H-pyrrole nitrogens is 1. The Morgan fingerprint density at radius 1 is 1.09 bits per heavy atom. The lowest BCUT2D eigenvalue weighted by Gasteiger charge is -2.37. The molecule has 35 heavy (non-hydrogen) atoms. The molecule has 18 nitrogen and oxygen atoms in total. The molecule has 8 N–H and O–H groups in total. The highest BCUT2D eigenvalue weighted by molar-refractivity contribution is 7.61. The standard InChI is InChI=1S/C15H24N2O16P2/c18-4-6-3-7(19)10(21)14(30-6)32-35(28,33-34(25,26)27)29-5-8-11(22)12(23)13(31-8)17-2-1-9(20)16-15(17)24/h1-2,6-8,10-14,18-19,21-23H,3-5H2,(H,16,20,24)(H2,25,26,27)/t6-,7-,8-,10+,11?,12?,13-,14-,35?/m0/s1. The highest BCUT2D eigenvalue weighted by Gasteiger charge is 2.49. The summed E-state index contributed by atoms with van der Waals surface area (Å²) in [5.74, 6) is 0. The second-order valence-electron chi connectivity index (χ2n) is 7.59. The molecule has 0 bridgehead atoms. The van der Waals surface area contributed by atoms with Gasteiger partial charge in [0.25, 0.3) is 5.56 Å². The zero-order chi connectivity index (χ0) is 26.1. The monoisotopic (exact) mass is 550 g/mol. The predicted octanol–water partition coefficient (Wildman–Crippen LogP) is -3.76. The van der Waals surface area contributed by atoms with Crippen LogP contribution in [0.5, 0.6) is 0 Å². The van der Waals surface area contributed by atoms with Gasteiger partial charge in [-0.15, -0.1) is 0 Å². The Kier molecular flexibility index (Phi) is 8.84. The molecule has 1 aromatic rings. The predicted molar refractivity (Wildman–Crippen MR) is 107 cm³/mol. The minimum Gasteiger partial charge on any atom is -0.394 e. The fraction of sp³-hybridized carbons (Fsp3) is 0.733. The van der Waals surface area contributed by atoms with Crippen LogP contribution in [0.15, 0.2) is 21.9 Å². The number of hydrogen-bond donors (Lipinski definition) is 8. The summed E-state index contributed by atoms with van der Waals surface area (Å²) in [4.78, 5) is 43.3. The van der Waals surface area contributed by atoms with Crippen LogP contribution in [-0.2, 0) is 32.0 Å². The number of nitrogens with one attached hydrogen (secondary N) is 1. The Morgan fingerprint density at radius 2 is 1.77 bits per heavy atom. The SMILES string of the molecule is O=c1ccn([C@H]2O[C@@H](COP(=O)(O[C@@H]3O[C@H](CO)C[C@H](O)[C@H]3O)OP(=O)(O)O)C(O)C2O)c(=O)[nH]1. The molecule has 2 fully saturated rings. The van der Waals surface area contributed by atoms with Crippen molar-refractivity contribution in [3.05, 3.63) is 33.1 Å². The zero-order valence-corrected chi connectivity index (χ0v) is 19.3. The maximum Gasteiger partial charge on any atom is 0.486 e. The lowest BCUT2D eigenvalue weighted by atomic mass is 10.0. The molecule has 1 aromatic heterocycles. The molecular weight excluding hydrogens is 526 g/mol. The first-order chi connectivity index (χ1) is 16.2. The summed E-state index contributed by atoms with van der Waals surface area (Å²) in [6.07, 6.45) is -12.5. The molecule has 9 atom stereocenters. The molecule has 2 aliphatic rings. The van der Waals surface area contributed by atoms with E-state index in [0.29, 0.717) is 0 Å². The van der Waals surface area contributed by atoms with Crippen molar-refractivity contribution in [2.45, 2.75) is 55.6 Å². The van der Waals surface area contributed by atoms with E-state index in [-0.39, 0.29) is 6.42 Å². The van der Waals surface area contributed by atoms with Gasteiger partial charge in [0.15, 0.2) is 12.5 Å². The number of phosphoric acid groups is 2. The minimum absolute atomic E-state index is 0.243.